The highest BCUT2D eigenvalue weighted by Crippen LogP contribution is 2.15. The lowest BCUT2D eigenvalue weighted by molar-refractivity contribution is -0.142. The molecule has 0 spiro atoms. The van der Waals surface area contributed by atoms with Crippen LogP contribution in [0, 0.1) is 0 Å². The summed E-state index contributed by atoms with van der Waals surface area (Å²) in [7, 11) is 0. The summed E-state index contributed by atoms with van der Waals surface area (Å²) in [5, 5.41) is 8.15. The Balaban J connectivity index is 2.05. The second-order valence-corrected chi connectivity index (χ2v) is 3.90. The molecule has 2 aromatic heterocycles. The summed E-state index contributed by atoms with van der Waals surface area (Å²) in [6.45, 7) is 5.56. The SMILES string of the molecule is CCOC(OCC)c1cn(Cc2ccccn2)nn1. The molecule has 0 atom stereocenters. The predicted octanol–water partition coefficient (Wildman–Crippen LogP) is 1.79. The molecule has 2 heterocycles. The van der Waals surface area contributed by atoms with Crippen LogP contribution in [-0.2, 0) is 16.0 Å². The van der Waals surface area contributed by atoms with Crippen LogP contribution >= 0.6 is 0 Å². The number of hydrogen-bond donors (Lipinski definition) is 0. The Kier molecular flexibility index (Phi) is 5.00. The van der Waals surface area contributed by atoms with Gasteiger partial charge in [-0.2, -0.15) is 0 Å². The average Bonchev–Trinajstić information content (AvgIpc) is 2.88. The predicted molar refractivity (Wildman–Crippen MR) is 69.4 cm³/mol. The van der Waals surface area contributed by atoms with Gasteiger partial charge < -0.3 is 9.47 Å². The van der Waals surface area contributed by atoms with Crippen LogP contribution in [-0.4, -0.2) is 33.2 Å². The number of pyridine rings is 1. The van der Waals surface area contributed by atoms with E-state index in [1.165, 1.54) is 0 Å². The fraction of sp³-hybridized carbons (Fsp3) is 0.462. The van der Waals surface area contributed by atoms with Gasteiger partial charge in [-0.05, 0) is 26.0 Å². The van der Waals surface area contributed by atoms with E-state index in [-0.39, 0.29) is 0 Å². The summed E-state index contributed by atoms with van der Waals surface area (Å²) in [4.78, 5) is 4.25. The molecule has 0 aliphatic carbocycles. The fourth-order valence-corrected chi connectivity index (χ4v) is 1.68. The van der Waals surface area contributed by atoms with E-state index in [1.54, 1.807) is 10.9 Å². The molecule has 2 rings (SSSR count). The van der Waals surface area contributed by atoms with E-state index in [4.69, 9.17) is 9.47 Å². The Morgan fingerprint density at radius 1 is 1.21 bits per heavy atom. The Labute approximate surface area is 112 Å². The second-order valence-electron chi connectivity index (χ2n) is 3.90. The standard InChI is InChI=1S/C13H18N4O2/c1-3-18-13(19-4-2)12-10-17(16-15-12)9-11-7-5-6-8-14-11/h5-8,10,13H,3-4,9H2,1-2H3. The van der Waals surface area contributed by atoms with E-state index in [2.05, 4.69) is 15.3 Å². The highest BCUT2D eigenvalue weighted by atomic mass is 16.7. The lowest BCUT2D eigenvalue weighted by atomic mass is 10.3. The normalized spacial score (nSPS) is 11.1. The molecule has 0 radical (unpaired) electrons. The zero-order chi connectivity index (χ0) is 13.5. The maximum Gasteiger partial charge on any atom is 0.204 e. The van der Waals surface area contributed by atoms with Crippen LogP contribution in [0.1, 0.15) is 31.5 Å². The van der Waals surface area contributed by atoms with Crippen LogP contribution in [0.3, 0.4) is 0 Å². The molecule has 2 aromatic rings. The lowest BCUT2D eigenvalue weighted by Crippen LogP contribution is -2.09. The van der Waals surface area contributed by atoms with Crippen molar-refractivity contribution in [3.8, 4) is 0 Å². The highest BCUT2D eigenvalue weighted by Gasteiger charge is 2.15. The van der Waals surface area contributed by atoms with Gasteiger partial charge in [-0.15, -0.1) is 5.10 Å². The second kappa shape index (κ2) is 6.96. The van der Waals surface area contributed by atoms with Crippen molar-refractivity contribution < 1.29 is 9.47 Å². The van der Waals surface area contributed by atoms with Gasteiger partial charge in [0.15, 0.2) is 0 Å². The van der Waals surface area contributed by atoms with Crippen LogP contribution in [0.15, 0.2) is 30.6 Å². The first kappa shape index (κ1) is 13.6. The largest absolute Gasteiger partial charge is 0.347 e. The molecule has 6 heteroatoms. The molecule has 0 unspecified atom stereocenters. The summed E-state index contributed by atoms with van der Waals surface area (Å²) in [5.41, 5.74) is 1.61. The first-order chi connectivity index (χ1) is 9.33. The molecule has 0 saturated heterocycles. The zero-order valence-electron chi connectivity index (χ0n) is 11.2. The first-order valence-corrected chi connectivity index (χ1v) is 6.36. The summed E-state index contributed by atoms with van der Waals surface area (Å²) < 4.78 is 12.7. The third-order valence-corrected chi connectivity index (χ3v) is 2.48. The Hall–Kier alpha value is -1.79. The van der Waals surface area contributed by atoms with Crippen molar-refractivity contribution in [2.24, 2.45) is 0 Å². The quantitative estimate of drug-likeness (QED) is 0.712. The van der Waals surface area contributed by atoms with E-state index in [1.807, 2.05) is 38.2 Å². The molecule has 0 aliphatic rings. The minimum absolute atomic E-state index is 0.451. The van der Waals surface area contributed by atoms with Crippen molar-refractivity contribution in [3.63, 3.8) is 0 Å². The summed E-state index contributed by atoms with van der Waals surface area (Å²) in [5.74, 6) is 0. The monoisotopic (exact) mass is 262 g/mol. The van der Waals surface area contributed by atoms with E-state index < -0.39 is 6.29 Å². The van der Waals surface area contributed by atoms with Crippen LogP contribution < -0.4 is 0 Å². The molecule has 0 aliphatic heterocycles. The van der Waals surface area contributed by atoms with E-state index in [0.29, 0.717) is 25.5 Å². The van der Waals surface area contributed by atoms with Crippen molar-refractivity contribution >= 4 is 0 Å². The first-order valence-electron chi connectivity index (χ1n) is 6.36. The number of nitrogens with zero attached hydrogens (tertiary/aromatic N) is 4. The topological polar surface area (TPSA) is 62.1 Å². The van der Waals surface area contributed by atoms with Gasteiger partial charge in [0.2, 0.25) is 6.29 Å². The molecule has 6 nitrogen and oxygen atoms in total. The molecule has 19 heavy (non-hydrogen) atoms. The molecular formula is C13H18N4O2. The Bertz CT molecular complexity index is 480. The van der Waals surface area contributed by atoms with Crippen LogP contribution in [0.5, 0.6) is 0 Å². The van der Waals surface area contributed by atoms with Gasteiger partial charge in [-0.1, -0.05) is 11.3 Å². The molecular weight excluding hydrogens is 244 g/mol. The zero-order valence-corrected chi connectivity index (χ0v) is 11.2. The molecule has 0 aromatic carbocycles. The Morgan fingerprint density at radius 3 is 2.63 bits per heavy atom. The van der Waals surface area contributed by atoms with E-state index in [9.17, 15) is 0 Å². The number of aromatic nitrogens is 4. The molecule has 0 saturated carbocycles. The summed E-state index contributed by atoms with van der Waals surface area (Å²) in [6, 6.07) is 5.78. The van der Waals surface area contributed by atoms with Gasteiger partial charge in [0.1, 0.15) is 5.69 Å². The van der Waals surface area contributed by atoms with E-state index in [0.717, 1.165) is 5.69 Å². The maximum absolute atomic E-state index is 5.48. The van der Waals surface area contributed by atoms with Gasteiger partial charge in [0.05, 0.1) is 18.4 Å². The van der Waals surface area contributed by atoms with Crippen molar-refractivity contribution in [1.82, 2.24) is 20.0 Å². The molecule has 102 valence electrons. The smallest absolute Gasteiger partial charge is 0.204 e. The molecule has 0 bridgehead atoms. The lowest BCUT2D eigenvalue weighted by Gasteiger charge is -2.13. The van der Waals surface area contributed by atoms with E-state index >= 15 is 0 Å². The average molecular weight is 262 g/mol. The van der Waals surface area contributed by atoms with Crippen LogP contribution in [0.25, 0.3) is 0 Å². The van der Waals surface area contributed by atoms with Crippen LogP contribution in [0.2, 0.25) is 0 Å². The number of rotatable bonds is 7. The van der Waals surface area contributed by atoms with Gasteiger partial charge in [-0.3, -0.25) is 4.98 Å². The molecule has 0 fully saturated rings. The van der Waals surface area contributed by atoms with Crippen molar-refractivity contribution in [2.45, 2.75) is 26.7 Å². The van der Waals surface area contributed by atoms with Crippen molar-refractivity contribution in [2.75, 3.05) is 13.2 Å². The van der Waals surface area contributed by atoms with Gasteiger partial charge in [0, 0.05) is 19.4 Å². The number of ether oxygens (including phenoxy) is 2. The maximum atomic E-state index is 5.48. The van der Waals surface area contributed by atoms with Gasteiger partial charge in [0.25, 0.3) is 0 Å². The molecule has 0 N–H and O–H groups in total. The third-order valence-electron chi connectivity index (χ3n) is 2.48. The Morgan fingerprint density at radius 2 is 2.00 bits per heavy atom. The molecule has 0 amide bonds. The fourth-order valence-electron chi connectivity index (χ4n) is 1.68. The van der Waals surface area contributed by atoms with Crippen molar-refractivity contribution in [1.29, 1.82) is 0 Å². The van der Waals surface area contributed by atoms with Crippen molar-refractivity contribution in [3.05, 3.63) is 42.0 Å². The minimum atomic E-state index is -0.451. The summed E-state index contributed by atoms with van der Waals surface area (Å²) in [6.07, 6.45) is 3.13. The van der Waals surface area contributed by atoms with Gasteiger partial charge in [-0.25, -0.2) is 4.68 Å². The third kappa shape index (κ3) is 3.84. The van der Waals surface area contributed by atoms with Crippen LogP contribution in [0.4, 0.5) is 0 Å². The minimum Gasteiger partial charge on any atom is -0.347 e. The highest BCUT2D eigenvalue weighted by molar-refractivity contribution is 5.04. The summed E-state index contributed by atoms with van der Waals surface area (Å²) >= 11 is 0. The number of hydrogen-bond acceptors (Lipinski definition) is 5. The van der Waals surface area contributed by atoms with Gasteiger partial charge >= 0.3 is 0 Å².